The van der Waals surface area contributed by atoms with Gasteiger partial charge >= 0.3 is 0 Å². The molecule has 0 radical (unpaired) electrons. The molecule has 0 aliphatic rings. The quantitative estimate of drug-likeness (QED) is 0.212. The minimum Gasteiger partial charge on any atom is -0.310 e. The summed E-state index contributed by atoms with van der Waals surface area (Å²) < 4.78 is 2.43. The molecule has 8 rings (SSSR count). The molecule has 2 heteroatoms. The number of nitrogens with zero attached hydrogens (tertiary/aromatic N) is 2. The van der Waals surface area contributed by atoms with Crippen LogP contribution in [0.1, 0.15) is 0 Å². The van der Waals surface area contributed by atoms with Crippen LogP contribution in [0.2, 0.25) is 0 Å². The van der Waals surface area contributed by atoms with Crippen molar-refractivity contribution < 1.29 is 0 Å². The summed E-state index contributed by atoms with van der Waals surface area (Å²) in [6.45, 7) is 0. The van der Waals surface area contributed by atoms with Crippen molar-refractivity contribution in [2.45, 2.75) is 0 Å². The van der Waals surface area contributed by atoms with Crippen LogP contribution < -0.4 is 4.90 Å². The van der Waals surface area contributed by atoms with E-state index in [9.17, 15) is 0 Å². The van der Waals surface area contributed by atoms with E-state index < -0.39 is 0 Å². The van der Waals surface area contributed by atoms with E-state index in [2.05, 4.69) is 179 Å². The molecule has 0 spiro atoms. The Kier molecular flexibility index (Phi) is 5.82. The van der Waals surface area contributed by atoms with Gasteiger partial charge in [-0.25, -0.2) is 0 Å². The molecule has 0 unspecified atom stereocenters. The average molecular weight is 537 g/mol. The van der Waals surface area contributed by atoms with Crippen molar-refractivity contribution in [3.05, 3.63) is 170 Å². The number of hydrogen-bond acceptors (Lipinski definition) is 1. The molecule has 1 aromatic heterocycles. The second-order valence-corrected chi connectivity index (χ2v) is 10.6. The van der Waals surface area contributed by atoms with Crippen molar-refractivity contribution in [1.82, 2.24) is 4.57 Å². The van der Waals surface area contributed by atoms with Crippen molar-refractivity contribution in [3.63, 3.8) is 0 Å². The van der Waals surface area contributed by atoms with Crippen molar-refractivity contribution in [1.29, 1.82) is 0 Å². The molecule has 0 bridgehead atoms. The van der Waals surface area contributed by atoms with Crippen LogP contribution in [0.4, 0.5) is 17.1 Å². The Morgan fingerprint density at radius 1 is 0.381 bits per heavy atom. The fourth-order valence-electron chi connectivity index (χ4n) is 6.21. The summed E-state index contributed by atoms with van der Waals surface area (Å²) in [5, 5.41) is 4.98. The fourth-order valence-corrected chi connectivity index (χ4v) is 6.21. The van der Waals surface area contributed by atoms with Gasteiger partial charge in [-0.2, -0.15) is 0 Å². The average Bonchev–Trinajstić information content (AvgIpc) is 3.41. The first kappa shape index (κ1) is 24.2. The first-order valence-electron chi connectivity index (χ1n) is 14.4. The van der Waals surface area contributed by atoms with Crippen LogP contribution in [0.5, 0.6) is 0 Å². The monoisotopic (exact) mass is 536 g/mol. The molecule has 0 saturated carbocycles. The van der Waals surface area contributed by atoms with Crippen LogP contribution in [0, 0.1) is 0 Å². The van der Waals surface area contributed by atoms with Gasteiger partial charge in [0.25, 0.3) is 0 Å². The van der Waals surface area contributed by atoms with Crippen molar-refractivity contribution >= 4 is 49.6 Å². The third-order valence-corrected chi connectivity index (χ3v) is 8.16. The topological polar surface area (TPSA) is 8.17 Å². The van der Waals surface area contributed by atoms with Crippen LogP contribution in [-0.4, -0.2) is 4.57 Å². The zero-order chi connectivity index (χ0) is 27.9. The van der Waals surface area contributed by atoms with Crippen molar-refractivity contribution in [2.75, 3.05) is 4.90 Å². The Labute approximate surface area is 245 Å². The number of para-hydroxylation sites is 2. The van der Waals surface area contributed by atoms with E-state index >= 15 is 0 Å². The highest BCUT2D eigenvalue weighted by Crippen LogP contribution is 2.41. The summed E-state index contributed by atoms with van der Waals surface area (Å²) in [5.41, 5.74) is 9.42. The normalized spacial score (nSPS) is 11.3. The van der Waals surface area contributed by atoms with Gasteiger partial charge in [0.2, 0.25) is 0 Å². The summed E-state index contributed by atoms with van der Waals surface area (Å²) in [6, 6.07) is 60.8. The minimum atomic E-state index is 1.13. The first-order chi connectivity index (χ1) is 20.8. The van der Waals surface area contributed by atoms with E-state index in [1.807, 2.05) is 0 Å². The summed E-state index contributed by atoms with van der Waals surface area (Å²) in [6.07, 6.45) is 0. The highest BCUT2D eigenvalue weighted by atomic mass is 15.1. The molecule has 0 amide bonds. The molecule has 0 aliphatic carbocycles. The highest BCUT2D eigenvalue weighted by Gasteiger charge is 2.18. The van der Waals surface area contributed by atoms with Gasteiger partial charge in [0.15, 0.2) is 0 Å². The van der Waals surface area contributed by atoms with Gasteiger partial charge in [-0.3, -0.25) is 0 Å². The zero-order valence-corrected chi connectivity index (χ0v) is 23.1. The van der Waals surface area contributed by atoms with Crippen LogP contribution >= 0.6 is 0 Å². The summed E-state index contributed by atoms with van der Waals surface area (Å²) in [5.74, 6) is 0. The number of hydrogen-bond donors (Lipinski definition) is 0. The molecule has 42 heavy (non-hydrogen) atoms. The maximum Gasteiger partial charge on any atom is 0.0619 e. The Morgan fingerprint density at radius 2 is 0.976 bits per heavy atom. The molecule has 0 aliphatic heterocycles. The maximum atomic E-state index is 2.43. The number of anilines is 3. The van der Waals surface area contributed by atoms with E-state index in [-0.39, 0.29) is 0 Å². The second kappa shape index (κ2) is 10.1. The zero-order valence-electron chi connectivity index (χ0n) is 23.1. The van der Waals surface area contributed by atoms with Gasteiger partial charge in [0.05, 0.1) is 11.0 Å². The molecule has 0 N–H and O–H groups in total. The van der Waals surface area contributed by atoms with Gasteiger partial charge in [0.1, 0.15) is 0 Å². The maximum absolute atomic E-state index is 2.43. The second-order valence-electron chi connectivity index (χ2n) is 10.6. The van der Waals surface area contributed by atoms with E-state index in [4.69, 9.17) is 0 Å². The molecule has 198 valence electrons. The minimum absolute atomic E-state index is 1.13. The number of benzene rings is 7. The lowest BCUT2D eigenvalue weighted by atomic mass is 10.0. The molecule has 1 heterocycles. The summed E-state index contributed by atoms with van der Waals surface area (Å²) >= 11 is 0. The molecule has 8 aromatic rings. The number of fused-ring (bicyclic) bond motifs is 5. The van der Waals surface area contributed by atoms with Crippen LogP contribution in [0.25, 0.3) is 49.4 Å². The number of aromatic nitrogens is 1. The summed E-state index contributed by atoms with van der Waals surface area (Å²) in [4.78, 5) is 2.33. The largest absolute Gasteiger partial charge is 0.310 e. The Morgan fingerprint density at radius 3 is 1.67 bits per heavy atom. The van der Waals surface area contributed by atoms with E-state index in [1.54, 1.807) is 0 Å². The van der Waals surface area contributed by atoms with Crippen LogP contribution in [0.15, 0.2) is 170 Å². The molecule has 7 aromatic carbocycles. The predicted molar refractivity (Wildman–Crippen MR) is 178 cm³/mol. The molecule has 0 fully saturated rings. The summed E-state index contributed by atoms with van der Waals surface area (Å²) in [7, 11) is 0. The van der Waals surface area contributed by atoms with E-state index in [0.29, 0.717) is 0 Å². The van der Waals surface area contributed by atoms with Crippen LogP contribution in [-0.2, 0) is 0 Å². The third kappa shape index (κ3) is 4.05. The lowest BCUT2D eigenvalue weighted by molar-refractivity contribution is 1.18. The van der Waals surface area contributed by atoms with Gasteiger partial charge in [-0.15, -0.1) is 0 Å². The van der Waals surface area contributed by atoms with E-state index in [1.165, 1.54) is 43.7 Å². The van der Waals surface area contributed by atoms with E-state index in [0.717, 1.165) is 22.7 Å². The van der Waals surface area contributed by atoms with Gasteiger partial charge in [0, 0.05) is 38.9 Å². The standard InChI is InChI=1S/C40H28N2/c1-4-12-29(13-5-1)30-20-23-34(24-21-30)42-39-27-25-35(41(32-15-6-2-7-16-32)33-17-8-3-9-18-33)28-38(39)37-26-22-31-14-10-11-19-36(31)40(37)42/h1-28H. The lowest BCUT2D eigenvalue weighted by Crippen LogP contribution is -2.09. The lowest BCUT2D eigenvalue weighted by Gasteiger charge is -2.25. The third-order valence-electron chi connectivity index (χ3n) is 8.16. The molecule has 2 nitrogen and oxygen atoms in total. The predicted octanol–water partition coefficient (Wildman–Crippen LogP) is 11.1. The SMILES string of the molecule is c1ccc(-c2ccc(-n3c4ccc(N(c5ccccc5)c5ccccc5)cc4c4ccc5ccccc5c43)cc2)cc1. The Bertz CT molecular complexity index is 2120. The molecule has 0 atom stereocenters. The molecular formula is C40H28N2. The van der Waals surface area contributed by atoms with Crippen LogP contribution in [0.3, 0.4) is 0 Å². The smallest absolute Gasteiger partial charge is 0.0619 e. The van der Waals surface area contributed by atoms with Crippen molar-refractivity contribution in [3.8, 4) is 16.8 Å². The van der Waals surface area contributed by atoms with Gasteiger partial charge in [-0.1, -0.05) is 115 Å². The fraction of sp³-hybridized carbons (Fsp3) is 0. The molecular weight excluding hydrogens is 508 g/mol. The van der Waals surface area contributed by atoms with Crippen molar-refractivity contribution in [2.24, 2.45) is 0 Å². The number of rotatable bonds is 5. The van der Waals surface area contributed by atoms with Gasteiger partial charge < -0.3 is 9.47 Å². The van der Waals surface area contributed by atoms with Gasteiger partial charge in [-0.05, 0) is 71.1 Å². The first-order valence-corrected chi connectivity index (χ1v) is 14.4. The Hall–Kier alpha value is -5.60. The highest BCUT2D eigenvalue weighted by molar-refractivity contribution is 6.19. The molecule has 0 saturated heterocycles. The Balaban J connectivity index is 1.38.